The molecule has 1 aliphatic heterocycles. The second kappa shape index (κ2) is 21.3. The Balaban J connectivity index is -0.000000586. The standard InChI is InChI=1S/2C10H10BrN3OS.2BrH.2HI.2H3N/c11-6-1-3-14(10(6)15)9-8-7(2-4-16-8)12-5-13-9;11-7(5-15)1-3-12-10-9-8(2-4-16-9)13-6-14-10;;;;;;/h2,4-6,10,15H,1,3H2;2,4-7H,1,3H2,(H,12,13,14);4*1H;2*1H3/i/hT8. The first-order valence-corrected chi connectivity index (χ1v) is 13.5. The average molecular weight is 1070 g/mol. The summed E-state index contributed by atoms with van der Waals surface area (Å²) in [5.74, 6) is 1.68. The van der Waals surface area contributed by atoms with Crippen LogP contribution in [-0.2, 0) is 4.79 Å². The summed E-state index contributed by atoms with van der Waals surface area (Å²) in [6, 6.07) is 3.94. The number of carbonyl (C=O) groups excluding carboxylic acids is 1. The van der Waals surface area contributed by atoms with Crippen molar-refractivity contribution in [1.82, 2.24) is 32.2 Å². The van der Waals surface area contributed by atoms with Crippen molar-refractivity contribution in [2.24, 2.45) is 0 Å². The molecule has 5 heterocycles. The second-order valence-corrected chi connectivity index (χ2v) is 11.2. The number of anilines is 2. The molecule has 1 fully saturated rings. The number of rotatable bonds is 6. The highest BCUT2D eigenvalue weighted by Gasteiger charge is 2.32. The van der Waals surface area contributed by atoms with Gasteiger partial charge in [-0.25, -0.2) is 19.9 Å². The average Bonchev–Trinajstić information content (AvgIpc) is 3.63. The minimum Gasteiger partial charge on any atom is -1.00 e. The number of carbonyl (C=O) groups is 1. The number of thiophene rings is 2. The van der Waals surface area contributed by atoms with E-state index in [1.807, 2.05) is 27.8 Å². The van der Waals surface area contributed by atoms with E-state index in [4.69, 9.17) is 11.3 Å². The zero-order chi connectivity index (χ0) is 31.5. The lowest BCUT2D eigenvalue weighted by Crippen LogP contribution is -3.00. The highest BCUT2D eigenvalue weighted by atomic mass is 127. The van der Waals surface area contributed by atoms with E-state index in [1.165, 1.54) is 0 Å². The quantitative estimate of drug-likeness (QED) is 0.122. The van der Waals surface area contributed by atoms with Gasteiger partial charge in [0.15, 0.2) is 5.82 Å². The van der Waals surface area contributed by atoms with Gasteiger partial charge in [0.2, 0.25) is 0 Å². The van der Waals surface area contributed by atoms with Gasteiger partial charge in [-0.1, -0.05) is 31.9 Å². The summed E-state index contributed by atoms with van der Waals surface area (Å²) >= 11 is 9.94. The van der Waals surface area contributed by atoms with Crippen molar-refractivity contribution in [2.45, 2.75) is 28.7 Å². The van der Waals surface area contributed by atoms with E-state index < -0.39 is 18.5 Å². The minimum absolute atomic E-state index is 0. The van der Waals surface area contributed by atoms with Crippen LogP contribution >= 0.6 is 88.5 Å². The molecule has 0 bridgehead atoms. The van der Waals surface area contributed by atoms with Crippen LogP contribution in [0.5, 0.6) is 0 Å². The van der Waals surface area contributed by atoms with Crippen molar-refractivity contribution >= 4 is 127 Å². The van der Waals surface area contributed by atoms with Crippen LogP contribution < -0.4 is 70.4 Å². The Kier molecular flexibility index (Phi) is 16.1. The lowest BCUT2D eigenvalue weighted by Gasteiger charge is -2.22. The Labute approximate surface area is 312 Å². The van der Waals surface area contributed by atoms with Crippen LogP contribution in [0.2, 0.25) is 11.3 Å². The molecule has 4 aromatic heterocycles. The molecular formula is C20H30Br4I2N8O2S2. The third-order valence-electron chi connectivity index (χ3n) is 4.89. The molecule has 18 heteroatoms. The van der Waals surface area contributed by atoms with E-state index in [0.717, 1.165) is 57.7 Å². The highest BCUT2D eigenvalue weighted by molar-refractivity contribution is 9.10. The van der Waals surface area contributed by atoms with Crippen LogP contribution in [0.1, 0.15) is 12.8 Å². The van der Waals surface area contributed by atoms with Crippen molar-refractivity contribution in [3.05, 3.63) is 35.5 Å². The van der Waals surface area contributed by atoms with Gasteiger partial charge in [0.25, 0.3) is 0 Å². The first kappa shape index (κ1) is 28.7. The van der Waals surface area contributed by atoms with Gasteiger partial charge in [0, 0.05) is 13.1 Å². The van der Waals surface area contributed by atoms with Crippen LogP contribution in [0.3, 0.4) is 0 Å². The smallest absolute Gasteiger partial charge is 0.342 e. The van der Waals surface area contributed by atoms with E-state index in [-0.39, 0.29) is 91.6 Å². The van der Waals surface area contributed by atoms with Gasteiger partial charge in [-0.3, -0.25) is 0 Å². The number of fused-ring (bicyclic) bond motifs is 2. The summed E-state index contributed by atoms with van der Waals surface area (Å²) < 4.78 is 49.1. The molecule has 0 aliphatic carbocycles. The number of halogens is 6. The van der Waals surface area contributed by atoms with Crippen molar-refractivity contribution in [1.29, 1.82) is 0 Å². The molecule has 1 saturated heterocycles. The van der Waals surface area contributed by atoms with E-state index in [0.29, 0.717) is 6.54 Å². The van der Waals surface area contributed by atoms with Crippen molar-refractivity contribution in [2.75, 3.05) is 23.3 Å². The van der Waals surface area contributed by atoms with Gasteiger partial charge in [-0.05, 0) is 35.7 Å². The minimum atomic E-state index is -2.00. The first-order chi connectivity index (χ1) is 19.6. The van der Waals surface area contributed by atoms with Gasteiger partial charge >= 0.3 is 11.3 Å². The molecule has 1 aliphatic rings. The second-order valence-electron chi connectivity index (χ2n) is 6.97. The van der Waals surface area contributed by atoms with E-state index >= 15 is 0 Å². The molecule has 216 valence electrons. The molecule has 5 rings (SSSR count). The number of aliphatic hydroxyl groups is 1. The molecule has 3 unspecified atom stereocenters. The largest absolute Gasteiger partial charge is 1.00 e. The van der Waals surface area contributed by atoms with E-state index in [2.05, 4.69) is 57.1 Å². The zero-order valence-electron chi connectivity index (χ0n) is 27.2. The lowest BCUT2D eigenvalue weighted by atomic mass is 10.3. The number of aldehydes is 1. The molecule has 0 spiro atoms. The normalized spacial score (nSPS) is 19.4. The fourth-order valence-corrected chi connectivity index (χ4v) is 5.64. The van der Waals surface area contributed by atoms with Gasteiger partial charge in [0.1, 0.15) is 31.0 Å². The van der Waals surface area contributed by atoms with Crippen LogP contribution in [-0.4, -0.2) is 60.3 Å². The third kappa shape index (κ3) is 10.8. The van der Waals surface area contributed by atoms with Crippen LogP contribution in [0, 0.1) is 0 Å². The Bertz CT molecular complexity index is 1390. The number of nitrogens with zero attached hydrogens (tertiary/aromatic N) is 5. The molecule has 38 heavy (non-hydrogen) atoms. The van der Waals surface area contributed by atoms with Crippen LogP contribution in [0.25, 0.3) is 20.4 Å². The maximum absolute atomic E-state index is 10.4. The molecule has 0 radical (unpaired) electrons. The van der Waals surface area contributed by atoms with Crippen molar-refractivity contribution in [3.8, 4) is 0 Å². The third-order valence-corrected chi connectivity index (χ3v) is 8.30. The molecule has 0 aromatic carbocycles. The summed E-state index contributed by atoms with van der Waals surface area (Å²) in [5.41, 5.74) is 1.90. The summed E-state index contributed by atoms with van der Waals surface area (Å²) in [4.78, 5) is 29.2. The summed E-state index contributed by atoms with van der Waals surface area (Å²) in [6.07, 6.45) is 1.16. The highest BCUT2D eigenvalue weighted by Crippen LogP contribution is 2.33. The maximum Gasteiger partial charge on any atom is 0.342 e. The SMILES string of the molecule is Br.Br.O=CC(Br)CCNc1ncnc2ccsc12.OC1C(Br)CCN1c1ncnc2ccsc12.[3H][N+]([3H])([3H])[3H].[3H][N+]([3H])([3H])[3H].[I-].[I-]. The van der Waals surface area contributed by atoms with Crippen molar-refractivity contribution in [3.63, 3.8) is 0 Å². The fourth-order valence-electron chi connectivity index (χ4n) is 3.26. The molecule has 3 atom stereocenters. The first-order valence-electron chi connectivity index (χ1n) is 13.4. The number of hydrogen-bond acceptors (Lipinski definition) is 10. The molecule has 0 amide bonds. The molecule has 10 nitrogen and oxygen atoms in total. The van der Waals surface area contributed by atoms with Crippen molar-refractivity contribution < 1.29 is 69.1 Å². The Morgan fingerprint density at radius 3 is 2.29 bits per heavy atom. The number of hydrogen-bond donors (Lipinski definition) is 4. The number of nitrogens with one attached hydrogen (secondary N) is 1. The fraction of sp³-hybridized carbons (Fsp3) is 0.350. The monoisotopic (exact) mass is 1060 g/mol. The Hall–Kier alpha value is 0.610. The number of aliphatic hydroxyl groups excluding tert-OH is 1. The maximum atomic E-state index is 10.4. The van der Waals surface area contributed by atoms with E-state index in [1.54, 1.807) is 35.3 Å². The van der Waals surface area contributed by atoms with Crippen LogP contribution in [0.15, 0.2) is 35.5 Å². The molecule has 10 N–H and O–H groups in total. The van der Waals surface area contributed by atoms with E-state index in [9.17, 15) is 9.90 Å². The summed E-state index contributed by atoms with van der Waals surface area (Å²) in [6.45, 7) is 1.53. The predicted molar refractivity (Wildman–Crippen MR) is 170 cm³/mol. The lowest BCUT2D eigenvalue weighted by molar-refractivity contribution is -0.107. The number of alkyl halides is 2. The topological polar surface area (TPSA) is 177 Å². The number of quaternary nitrogens is 2. The molecule has 0 saturated carbocycles. The molecular weight excluding hydrogens is 1020 g/mol. The van der Waals surface area contributed by atoms with Crippen LogP contribution in [0.4, 0.5) is 11.6 Å². The van der Waals surface area contributed by atoms with Gasteiger partial charge in [-0.15, -0.1) is 56.6 Å². The zero-order valence-corrected chi connectivity index (χ0v) is 31.8. The number of aromatic nitrogens is 4. The summed E-state index contributed by atoms with van der Waals surface area (Å²) in [5, 5.41) is 17.2. The van der Waals surface area contributed by atoms with Gasteiger partial charge < -0.3 is 80.3 Å². The van der Waals surface area contributed by atoms with Gasteiger partial charge in [0.05, 0.1) is 30.1 Å². The Morgan fingerprint density at radius 1 is 1.13 bits per heavy atom. The molecule has 4 aromatic rings. The van der Waals surface area contributed by atoms with Gasteiger partial charge in [-0.2, -0.15) is 0 Å². The summed E-state index contributed by atoms with van der Waals surface area (Å²) in [7, 11) is 0. The Morgan fingerprint density at radius 2 is 1.71 bits per heavy atom. The predicted octanol–water partition coefficient (Wildman–Crippen LogP) is 0.355.